The van der Waals surface area contributed by atoms with E-state index in [0.717, 1.165) is 42.0 Å². The molecule has 5 rings (SSSR count). The van der Waals surface area contributed by atoms with Gasteiger partial charge < -0.3 is 31.7 Å². The lowest BCUT2D eigenvalue weighted by atomic mass is 9.84. The minimum atomic E-state index is -4.95. The van der Waals surface area contributed by atoms with Gasteiger partial charge in [-0.1, -0.05) is 5.16 Å². The van der Waals surface area contributed by atoms with Crippen molar-refractivity contribution >= 4 is 50.2 Å². The van der Waals surface area contributed by atoms with E-state index in [4.69, 9.17) is 25.6 Å². The van der Waals surface area contributed by atoms with Gasteiger partial charge in [0.05, 0.1) is 11.6 Å². The molecule has 3 aliphatic heterocycles. The number of hydroxylamine groups is 2. The number of aryl methyl sites for hydroxylation is 1. The topological polar surface area (TPSA) is 233 Å². The number of β-lactam (4-membered cyclic amide) rings is 1. The molecule has 2 saturated heterocycles. The Bertz CT molecular complexity index is 1600. The van der Waals surface area contributed by atoms with Crippen molar-refractivity contribution in [2.45, 2.75) is 69.9 Å². The summed E-state index contributed by atoms with van der Waals surface area (Å²) in [5, 5.41) is 12.0. The number of hydrogen-bond donors (Lipinski definition) is 5. The number of carbonyl (C=O) groups excluding carboxylic acids is 2. The lowest BCUT2D eigenvalue weighted by Crippen LogP contribution is -2.76. The van der Waals surface area contributed by atoms with Crippen molar-refractivity contribution in [3.8, 4) is 5.75 Å². The molecule has 0 bridgehead atoms. The second kappa shape index (κ2) is 12.3. The molecule has 7 N–H and O–H groups in total. The molecule has 238 valence electrons. The number of ether oxygens (including phenoxy) is 1. The van der Waals surface area contributed by atoms with Crippen molar-refractivity contribution in [2.24, 2.45) is 15.9 Å². The van der Waals surface area contributed by atoms with Gasteiger partial charge in [-0.2, -0.15) is 13.5 Å². The predicted octanol–water partition coefficient (Wildman–Crippen LogP) is 0.136. The van der Waals surface area contributed by atoms with E-state index in [1.807, 2.05) is 18.2 Å². The number of thiazole rings is 1. The zero-order chi connectivity index (χ0) is 31.8. The summed E-state index contributed by atoms with van der Waals surface area (Å²) in [6.07, 6.45) is 1.27. The number of aliphatic imine (C=N–C) groups is 1. The Kier molecular flexibility index (Phi) is 8.81. The largest absolute Gasteiger partial charge is 0.486 e. The van der Waals surface area contributed by atoms with Gasteiger partial charge in [-0.05, 0) is 70.3 Å². The molecule has 0 radical (unpaired) electrons. The van der Waals surface area contributed by atoms with Gasteiger partial charge in [0.25, 0.3) is 11.8 Å². The fourth-order valence-electron chi connectivity index (χ4n) is 5.14. The van der Waals surface area contributed by atoms with E-state index in [2.05, 4.69) is 30.0 Å². The molecule has 4 unspecified atom stereocenters. The second-order valence-corrected chi connectivity index (χ2v) is 13.1. The Morgan fingerprint density at radius 2 is 2.14 bits per heavy atom. The van der Waals surface area contributed by atoms with Crippen LogP contribution in [0.5, 0.6) is 5.75 Å². The van der Waals surface area contributed by atoms with Crippen molar-refractivity contribution in [3.05, 3.63) is 40.4 Å². The Balaban J connectivity index is 1.26. The highest BCUT2D eigenvalue weighted by Gasteiger charge is 2.58. The van der Waals surface area contributed by atoms with Gasteiger partial charge in [-0.15, -0.1) is 15.6 Å². The molecule has 18 heteroatoms. The number of oxime groups is 1. The summed E-state index contributed by atoms with van der Waals surface area (Å²) in [4.78, 5) is 40.3. The number of carbonyl (C=O) groups is 2. The number of nitrogens with two attached hydrogens (primary N) is 2. The van der Waals surface area contributed by atoms with E-state index >= 15 is 0 Å². The minimum Gasteiger partial charge on any atom is -0.486 e. The molecule has 1 aromatic carbocycles. The molecule has 2 aromatic rings. The van der Waals surface area contributed by atoms with Gasteiger partial charge in [0, 0.05) is 17.5 Å². The van der Waals surface area contributed by atoms with E-state index in [0.29, 0.717) is 29.5 Å². The first-order valence-corrected chi connectivity index (χ1v) is 16.1. The second-order valence-electron chi connectivity index (χ2n) is 11.2. The van der Waals surface area contributed by atoms with E-state index in [1.165, 1.54) is 19.2 Å². The van der Waals surface area contributed by atoms with Crippen molar-refractivity contribution in [2.75, 3.05) is 18.8 Å². The number of rotatable bonds is 10. The molecule has 3 aliphatic rings. The number of amides is 2. The van der Waals surface area contributed by atoms with Crippen molar-refractivity contribution in [3.63, 3.8) is 0 Å². The van der Waals surface area contributed by atoms with Crippen LogP contribution in [0.25, 0.3) is 0 Å². The molecule has 1 aromatic heterocycles. The maximum absolute atomic E-state index is 13.3. The van der Waals surface area contributed by atoms with Crippen LogP contribution in [-0.4, -0.2) is 89.3 Å². The van der Waals surface area contributed by atoms with Crippen LogP contribution in [0.4, 0.5) is 5.13 Å². The van der Waals surface area contributed by atoms with Crippen LogP contribution in [-0.2, 0) is 35.5 Å². The summed E-state index contributed by atoms with van der Waals surface area (Å²) < 4.78 is 41.7. The van der Waals surface area contributed by atoms with E-state index in [-0.39, 0.29) is 22.6 Å². The van der Waals surface area contributed by atoms with Crippen LogP contribution in [0.3, 0.4) is 0 Å². The van der Waals surface area contributed by atoms with Gasteiger partial charge >= 0.3 is 10.4 Å². The summed E-state index contributed by atoms with van der Waals surface area (Å²) in [5.74, 6) is -0.537. The number of amidine groups is 1. The van der Waals surface area contributed by atoms with Crippen molar-refractivity contribution < 1.29 is 36.4 Å². The number of hydrogen-bond acceptors (Lipinski definition) is 13. The number of nitrogens with one attached hydrogen (secondary N) is 2. The maximum Gasteiger partial charge on any atom is 0.418 e. The summed E-state index contributed by atoms with van der Waals surface area (Å²) in [5.41, 5.74) is 12.4. The zero-order valence-corrected chi connectivity index (χ0v) is 25.9. The molecule has 0 spiro atoms. The fourth-order valence-corrected chi connectivity index (χ4v) is 6.15. The monoisotopic (exact) mass is 650 g/mol. The molecule has 0 aliphatic carbocycles. The highest BCUT2D eigenvalue weighted by atomic mass is 32.3. The molecule has 44 heavy (non-hydrogen) atoms. The Morgan fingerprint density at radius 1 is 1.36 bits per heavy atom. The molecule has 16 nitrogen and oxygen atoms in total. The first-order valence-electron chi connectivity index (χ1n) is 13.8. The Labute approximate surface area is 257 Å². The molecular formula is C26H34N8O8S2. The number of benzene rings is 1. The van der Waals surface area contributed by atoms with Gasteiger partial charge in [-0.3, -0.25) is 19.1 Å². The maximum atomic E-state index is 13.3. The van der Waals surface area contributed by atoms with Crippen LogP contribution in [0.2, 0.25) is 0 Å². The van der Waals surface area contributed by atoms with Gasteiger partial charge in [-0.25, -0.2) is 4.98 Å². The SMILES string of the molecule is CC(O/N=C(\C(=O)NC1C(=O)N(OS(=O)(=O)O)C1(C)C)c1csc(N)n1)C1CCc2cc(C(N)=NC3CCNC3)ccc2O1. The molecular weight excluding hydrogens is 616 g/mol. The predicted molar refractivity (Wildman–Crippen MR) is 160 cm³/mol. The average molecular weight is 651 g/mol. The molecule has 2 fully saturated rings. The Morgan fingerprint density at radius 3 is 2.77 bits per heavy atom. The average Bonchev–Trinajstić information content (AvgIpc) is 3.65. The van der Waals surface area contributed by atoms with E-state index in [9.17, 15) is 18.0 Å². The van der Waals surface area contributed by atoms with Crippen molar-refractivity contribution in [1.29, 1.82) is 0 Å². The number of nitrogens with zero attached hydrogens (tertiary/aromatic N) is 4. The summed E-state index contributed by atoms with van der Waals surface area (Å²) in [6, 6.07) is 4.68. The quantitative estimate of drug-likeness (QED) is 0.0759. The van der Waals surface area contributed by atoms with E-state index < -0.39 is 46.0 Å². The zero-order valence-electron chi connectivity index (χ0n) is 24.2. The standard InChI is InChI=1S/C26H34N8O8S2/c1-13(18-6-4-14-10-15(5-7-19(14)40-18)22(27)30-16-8-9-29-11-16)41-33-20(17-12-43-25(28)31-17)23(35)32-21-24(36)34(26(21,2)3)42-44(37,38)39/h5,7,10,12-13,16,18,21,29H,4,6,8-9,11H2,1-3H3,(H2,27,30)(H2,28,31)(H,32,35)(H,37,38,39)/b33-20-. The molecule has 4 heterocycles. The third-order valence-electron chi connectivity index (χ3n) is 7.62. The van der Waals surface area contributed by atoms with Crippen LogP contribution in [0.1, 0.15) is 50.4 Å². The number of anilines is 1. The van der Waals surface area contributed by atoms with E-state index in [1.54, 1.807) is 6.92 Å². The first kappa shape index (κ1) is 31.6. The summed E-state index contributed by atoms with van der Waals surface area (Å²) >= 11 is 1.08. The fraction of sp³-hybridized carbons (Fsp3) is 0.500. The Hall–Kier alpha value is -3.84. The minimum absolute atomic E-state index is 0.114. The number of fused-ring (bicyclic) bond motifs is 1. The molecule has 0 saturated carbocycles. The van der Waals surface area contributed by atoms with Gasteiger partial charge in [0.15, 0.2) is 16.9 Å². The highest BCUT2D eigenvalue weighted by Crippen LogP contribution is 2.33. The van der Waals surface area contributed by atoms with Crippen LogP contribution in [0, 0.1) is 0 Å². The van der Waals surface area contributed by atoms with Crippen molar-refractivity contribution in [1.82, 2.24) is 20.7 Å². The van der Waals surface area contributed by atoms with Crippen LogP contribution < -0.4 is 26.8 Å². The summed E-state index contributed by atoms with van der Waals surface area (Å²) in [7, 11) is -4.95. The van der Waals surface area contributed by atoms with Crippen LogP contribution in [0.15, 0.2) is 33.7 Å². The highest BCUT2D eigenvalue weighted by molar-refractivity contribution is 7.80. The summed E-state index contributed by atoms with van der Waals surface area (Å²) in [6.45, 7) is 6.38. The van der Waals surface area contributed by atoms with Gasteiger partial charge in [0.1, 0.15) is 29.4 Å². The number of aromatic nitrogens is 1. The van der Waals surface area contributed by atoms with Gasteiger partial charge in [0.2, 0.25) is 0 Å². The molecule has 2 amide bonds. The number of nitrogen functional groups attached to an aromatic ring is 1. The molecule has 4 atom stereocenters. The third kappa shape index (κ3) is 6.78. The normalized spacial score (nSPS) is 24.2. The smallest absolute Gasteiger partial charge is 0.418 e. The van der Waals surface area contributed by atoms with Crippen LogP contribution >= 0.6 is 11.3 Å². The third-order valence-corrected chi connectivity index (χ3v) is 8.63. The lowest BCUT2D eigenvalue weighted by Gasteiger charge is -2.50. The lowest BCUT2D eigenvalue weighted by molar-refractivity contribution is -0.218. The first-order chi connectivity index (χ1) is 20.7.